The van der Waals surface area contributed by atoms with Crippen molar-refractivity contribution in [3.8, 4) is 0 Å². The first-order chi connectivity index (χ1) is 10.1. The van der Waals surface area contributed by atoms with Crippen molar-refractivity contribution in [2.45, 2.75) is 18.9 Å². The fourth-order valence-corrected chi connectivity index (χ4v) is 2.91. The highest BCUT2D eigenvalue weighted by Gasteiger charge is 2.22. The smallest absolute Gasteiger partial charge is 0.259 e. The number of benzene rings is 1. The predicted octanol–water partition coefficient (Wildman–Crippen LogP) is 2.36. The number of carbonyl (C=O) groups is 1. The molecule has 110 valence electrons. The highest BCUT2D eigenvalue weighted by Crippen LogP contribution is 2.32. The van der Waals surface area contributed by atoms with Crippen LogP contribution in [0.3, 0.4) is 0 Å². The zero-order chi connectivity index (χ0) is 14.8. The Morgan fingerprint density at radius 1 is 1.48 bits per heavy atom. The maximum atomic E-state index is 13.3. The first kappa shape index (κ1) is 13.9. The van der Waals surface area contributed by atoms with E-state index in [-0.39, 0.29) is 17.4 Å². The molecule has 6 nitrogen and oxygen atoms in total. The molecular formula is C13H13FN4O2S. The Morgan fingerprint density at radius 3 is 3.10 bits per heavy atom. The van der Waals surface area contributed by atoms with E-state index >= 15 is 0 Å². The van der Waals surface area contributed by atoms with Crippen LogP contribution in [0.4, 0.5) is 15.2 Å². The van der Waals surface area contributed by atoms with Crippen LogP contribution < -0.4 is 11.1 Å². The van der Waals surface area contributed by atoms with Crippen molar-refractivity contribution >= 4 is 28.1 Å². The van der Waals surface area contributed by atoms with Gasteiger partial charge in [-0.25, -0.2) is 4.39 Å². The Bertz CT molecular complexity index is 670. The molecule has 0 aliphatic carbocycles. The van der Waals surface area contributed by atoms with Gasteiger partial charge in [0, 0.05) is 6.61 Å². The number of nitrogens with zero attached hydrogens (tertiary/aromatic N) is 2. The minimum atomic E-state index is -0.625. The number of ether oxygens (including phenoxy) is 1. The van der Waals surface area contributed by atoms with Crippen molar-refractivity contribution in [2.75, 3.05) is 17.7 Å². The number of nitrogen functional groups attached to an aromatic ring is 1. The summed E-state index contributed by atoms with van der Waals surface area (Å²) in [6.07, 6.45) is 1.85. The van der Waals surface area contributed by atoms with Crippen LogP contribution in [0.1, 0.15) is 34.3 Å². The summed E-state index contributed by atoms with van der Waals surface area (Å²) in [5.74, 6) is -1.14. The second kappa shape index (κ2) is 5.74. The summed E-state index contributed by atoms with van der Waals surface area (Å²) in [5.41, 5.74) is 5.44. The molecule has 1 aliphatic rings. The number of nitrogens with one attached hydrogen (secondary N) is 1. The van der Waals surface area contributed by atoms with Crippen LogP contribution in [0.15, 0.2) is 18.2 Å². The first-order valence-electron chi connectivity index (χ1n) is 6.45. The minimum Gasteiger partial charge on any atom is -0.396 e. The molecular weight excluding hydrogens is 295 g/mol. The Hall–Kier alpha value is -2.06. The average Bonchev–Trinajstić information content (AvgIpc) is 3.12. The molecule has 0 bridgehead atoms. The van der Waals surface area contributed by atoms with E-state index < -0.39 is 11.7 Å². The summed E-state index contributed by atoms with van der Waals surface area (Å²) < 4.78 is 18.8. The van der Waals surface area contributed by atoms with Gasteiger partial charge in [0.2, 0.25) is 5.13 Å². The Labute approximate surface area is 124 Å². The number of amides is 1. The number of hydrogen-bond donors (Lipinski definition) is 2. The van der Waals surface area contributed by atoms with Crippen molar-refractivity contribution in [1.82, 2.24) is 10.2 Å². The summed E-state index contributed by atoms with van der Waals surface area (Å²) in [5, 5.41) is 11.6. The third kappa shape index (κ3) is 2.86. The Morgan fingerprint density at radius 2 is 2.33 bits per heavy atom. The highest BCUT2D eigenvalue weighted by atomic mass is 32.1. The normalized spacial score (nSPS) is 17.9. The van der Waals surface area contributed by atoms with E-state index in [1.54, 1.807) is 0 Å². The molecule has 1 aliphatic heterocycles. The predicted molar refractivity (Wildman–Crippen MR) is 76.6 cm³/mol. The molecule has 1 aromatic heterocycles. The van der Waals surface area contributed by atoms with E-state index in [1.807, 2.05) is 0 Å². The van der Waals surface area contributed by atoms with Crippen LogP contribution in [0, 0.1) is 5.82 Å². The number of para-hydroxylation sites is 1. The van der Waals surface area contributed by atoms with Gasteiger partial charge in [0.05, 0.1) is 11.3 Å². The molecule has 1 saturated heterocycles. The lowest BCUT2D eigenvalue weighted by molar-refractivity contribution is 0.102. The molecule has 1 fully saturated rings. The van der Waals surface area contributed by atoms with E-state index in [9.17, 15) is 9.18 Å². The van der Waals surface area contributed by atoms with Gasteiger partial charge in [-0.15, -0.1) is 10.2 Å². The molecule has 2 heterocycles. The van der Waals surface area contributed by atoms with Gasteiger partial charge in [-0.3, -0.25) is 10.1 Å². The monoisotopic (exact) mass is 308 g/mol. The van der Waals surface area contributed by atoms with E-state index in [0.29, 0.717) is 11.7 Å². The van der Waals surface area contributed by atoms with Crippen molar-refractivity contribution in [3.63, 3.8) is 0 Å². The molecule has 8 heteroatoms. The number of carbonyl (C=O) groups excluding carboxylic acids is 1. The molecule has 1 aromatic carbocycles. The number of aromatic nitrogens is 2. The number of rotatable bonds is 3. The van der Waals surface area contributed by atoms with Crippen LogP contribution in [0.25, 0.3) is 0 Å². The summed E-state index contributed by atoms with van der Waals surface area (Å²) in [4.78, 5) is 12.1. The van der Waals surface area contributed by atoms with Crippen LogP contribution >= 0.6 is 11.3 Å². The highest BCUT2D eigenvalue weighted by molar-refractivity contribution is 7.15. The summed E-state index contributed by atoms with van der Waals surface area (Å²) in [6.45, 7) is 0.714. The molecule has 0 radical (unpaired) electrons. The largest absolute Gasteiger partial charge is 0.396 e. The second-order valence-corrected chi connectivity index (χ2v) is 5.61. The van der Waals surface area contributed by atoms with Crippen LogP contribution in [0.5, 0.6) is 0 Å². The lowest BCUT2D eigenvalue weighted by Crippen LogP contribution is -2.14. The molecule has 3 rings (SSSR count). The maximum Gasteiger partial charge on any atom is 0.259 e. The van der Waals surface area contributed by atoms with Crippen molar-refractivity contribution < 1.29 is 13.9 Å². The standard InChI is InChI=1S/C13H13FN4O2S/c14-8-4-1-3-7(10(8)15)11(19)16-13-18-17-12(21-13)9-5-2-6-20-9/h1,3-4,9H,2,5-6,15H2,(H,16,18,19). The van der Waals surface area contributed by atoms with Gasteiger partial charge in [-0.05, 0) is 25.0 Å². The number of halogens is 1. The van der Waals surface area contributed by atoms with E-state index in [1.165, 1.54) is 29.5 Å². The lowest BCUT2D eigenvalue weighted by atomic mass is 10.1. The number of nitrogens with two attached hydrogens (primary N) is 1. The van der Waals surface area contributed by atoms with Crippen LogP contribution in [-0.2, 0) is 4.74 Å². The number of anilines is 2. The maximum absolute atomic E-state index is 13.3. The Balaban J connectivity index is 1.74. The van der Waals surface area contributed by atoms with Gasteiger partial charge < -0.3 is 10.5 Å². The third-order valence-electron chi connectivity index (χ3n) is 3.16. The molecule has 3 N–H and O–H groups in total. The van der Waals surface area contributed by atoms with Gasteiger partial charge >= 0.3 is 0 Å². The van der Waals surface area contributed by atoms with E-state index in [4.69, 9.17) is 10.5 Å². The van der Waals surface area contributed by atoms with E-state index in [2.05, 4.69) is 15.5 Å². The molecule has 21 heavy (non-hydrogen) atoms. The fraction of sp³-hybridized carbons (Fsp3) is 0.308. The molecule has 1 amide bonds. The van der Waals surface area contributed by atoms with Gasteiger partial charge in [-0.2, -0.15) is 0 Å². The Kier molecular flexibility index (Phi) is 3.80. The summed E-state index contributed by atoms with van der Waals surface area (Å²) >= 11 is 1.25. The average molecular weight is 308 g/mol. The van der Waals surface area contributed by atoms with Crippen molar-refractivity contribution in [1.29, 1.82) is 0 Å². The SMILES string of the molecule is Nc1c(F)cccc1C(=O)Nc1nnc(C2CCCO2)s1. The molecule has 0 saturated carbocycles. The minimum absolute atomic E-state index is 0.0487. The molecule has 1 unspecified atom stereocenters. The van der Waals surface area contributed by atoms with Crippen molar-refractivity contribution in [3.05, 3.63) is 34.6 Å². The van der Waals surface area contributed by atoms with Gasteiger partial charge in [-0.1, -0.05) is 17.4 Å². The summed E-state index contributed by atoms with van der Waals surface area (Å²) in [7, 11) is 0. The molecule has 1 atom stereocenters. The zero-order valence-corrected chi connectivity index (χ0v) is 11.8. The topological polar surface area (TPSA) is 90.1 Å². The van der Waals surface area contributed by atoms with Crippen molar-refractivity contribution in [2.24, 2.45) is 0 Å². The van der Waals surface area contributed by atoms with Crippen LogP contribution in [-0.4, -0.2) is 22.7 Å². The quantitative estimate of drug-likeness (QED) is 0.850. The fourth-order valence-electron chi connectivity index (χ4n) is 2.09. The van der Waals surface area contributed by atoms with E-state index in [0.717, 1.165) is 17.8 Å². The molecule has 0 spiro atoms. The van der Waals surface area contributed by atoms with Gasteiger partial charge in [0.15, 0.2) is 0 Å². The zero-order valence-electron chi connectivity index (χ0n) is 11.0. The third-order valence-corrected chi connectivity index (χ3v) is 4.09. The number of hydrogen-bond acceptors (Lipinski definition) is 6. The van der Waals surface area contributed by atoms with Crippen LogP contribution in [0.2, 0.25) is 0 Å². The second-order valence-electron chi connectivity index (χ2n) is 4.60. The van der Waals surface area contributed by atoms with Gasteiger partial charge in [0.25, 0.3) is 5.91 Å². The lowest BCUT2D eigenvalue weighted by Gasteiger charge is -2.05. The first-order valence-corrected chi connectivity index (χ1v) is 7.27. The summed E-state index contributed by atoms with van der Waals surface area (Å²) in [6, 6.07) is 4.08. The van der Waals surface area contributed by atoms with Gasteiger partial charge in [0.1, 0.15) is 16.9 Å². The molecule has 2 aromatic rings.